The Morgan fingerprint density at radius 3 is 2.70 bits per heavy atom. The van der Waals surface area contributed by atoms with E-state index in [4.69, 9.17) is 9.84 Å². The van der Waals surface area contributed by atoms with Gasteiger partial charge in [-0.05, 0) is 36.5 Å². The van der Waals surface area contributed by atoms with Crippen molar-refractivity contribution in [1.29, 1.82) is 0 Å². The number of ether oxygens (including phenoxy) is 1. The molecule has 1 aliphatic heterocycles. The Balaban J connectivity index is 2.09. The first-order chi connectivity index (χ1) is 11.0. The topological polar surface area (TPSA) is 66.8 Å². The molecule has 0 aromatic heterocycles. The number of carboxylic acid groups (broad SMARTS) is 1. The quantitative estimate of drug-likeness (QED) is 0.819. The van der Waals surface area contributed by atoms with Crippen LogP contribution in [0.2, 0.25) is 0 Å². The lowest BCUT2D eigenvalue weighted by atomic mass is 9.86. The zero-order chi connectivity index (χ0) is 16.8. The average Bonchev–Trinajstić information content (AvgIpc) is 2.53. The number of amides is 1. The zero-order valence-corrected chi connectivity index (χ0v) is 14.8. The van der Waals surface area contributed by atoms with Crippen LogP contribution in [0, 0.1) is 11.8 Å². The molecule has 1 aromatic carbocycles. The lowest BCUT2D eigenvalue weighted by molar-refractivity contribution is -0.148. The maximum absolute atomic E-state index is 12.8. The molecule has 0 spiro atoms. The Labute approximate surface area is 144 Å². The normalized spacial score (nSPS) is 16.8. The Hall–Kier alpha value is -1.40. The molecular formula is C17H22BrNO4. The fourth-order valence-electron chi connectivity index (χ4n) is 2.94. The van der Waals surface area contributed by atoms with E-state index in [0.29, 0.717) is 19.8 Å². The minimum Gasteiger partial charge on any atom is -0.480 e. The van der Waals surface area contributed by atoms with Gasteiger partial charge in [-0.2, -0.15) is 0 Å². The van der Waals surface area contributed by atoms with Gasteiger partial charge < -0.3 is 14.7 Å². The molecule has 0 bridgehead atoms. The molecule has 1 aromatic rings. The lowest BCUT2D eigenvalue weighted by Crippen LogP contribution is -2.41. The molecule has 1 N–H and O–H groups in total. The van der Waals surface area contributed by atoms with Gasteiger partial charge in [0.25, 0.3) is 0 Å². The van der Waals surface area contributed by atoms with Gasteiger partial charge in [0.2, 0.25) is 5.91 Å². The van der Waals surface area contributed by atoms with E-state index in [1.165, 1.54) is 4.90 Å². The van der Waals surface area contributed by atoms with Crippen LogP contribution in [0.1, 0.15) is 25.3 Å². The molecule has 6 heteroatoms. The predicted molar refractivity (Wildman–Crippen MR) is 89.9 cm³/mol. The average molecular weight is 384 g/mol. The van der Waals surface area contributed by atoms with Gasteiger partial charge in [-0.1, -0.05) is 35.0 Å². The highest BCUT2D eigenvalue weighted by Crippen LogP contribution is 2.26. The molecule has 1 saturated heterocycles. The highest BCUT2D eigenvalue weighted by atomic mass is 79.9. The summed E-state index contributed by atoms with van der Waals surface area (Å²) in [5.41, 5.74) is 0.910. The van der Waals surface area contributed by atoms with Gasteiger partial charge in [0.05, 0.1) is 0 Å². The molecule has 2 rings (SSSR count). The first-order valence-electron chi connectivity index (χ1n) is 7.80. The van der Waals surface area contributed by atoms with Crippen LogP contribution < -0.4 is 0 Å². The molecular weight excluding hydrogens is 362 g/mol. The van der Waals surface area contributed by atoms with Crippen molar-refractivity contribution in [3.63, 3.8) is 0 Å². The summed E-state index contributed by atoms with van der Waals surface area (Å²) < 4.78 is 6.25. The van der Waals surface area contributed by atoms with Gasteiger partial charge in [0.1, 0.15) is 6.54 Å². The van der Waals surface area contributed by atoms with E-state index in [1.807, 2.05) is 31.2 Å². The predicted octanol–water partition coefficient (Wildman–Crippen LogP) is 2.93. The second-order valence-electron chi connectivity index (χ2n) is 5.96. The Bertz CT molecular complexity index is 557. The van der Waals surface area contributed by atoms with Crippen molar-refractivity contribution >= 4 is 27.8 Å². The Morgan fingerprint density at radius 2 is 2.09 bits per heavy atom. The van der Waals surface area contributed by atoms with Crippen molar-refractivity contribution in [2.75, 3.05) is 19.8 Å². The van der Waals surface area contributed by atoms with Crippen LogP contribution in [0.3, 0.4) is 0 Å². The molecule has 1 atom stereocenters. The molecule has 126 valence electrons. The summed E-state index contributed by atoms with van der Waals surface area (Å²) in [7, 11) is 0. The first-order valence-corrected chi connectivity index (χ1v) is 8.59. The molecule has 23 heavy (non-hydrogen) atoms. The minimum absolute atomic E-state index is 0.0979. The van der Waals surface area contributed by atoms with Crippen molar-refractivity contribution < 1.29 is 19.4 Å². The third kappa shape index (κ3) is 5.32. The molecule has 0 saturated carbocycles. The SMILES string of the molecule is CC(C(=O)N(CC(=O)O)Cc1cccc(Br)c1)C1CCOCC1. The summed E-state index contributed by atoms with van der Waals surface area (Å²) in [6, 6.07) is 7.58. The number of carboxylic acids is 1. The number of carbonyl (C=O) groups is 2. The van der Waals surface area contributed by atoms with Crippen molar-refractivity contribution in [2.24, 2.45) is 11.8 Å². The molecule has 0 radical (unpaired) electrons. The number of carbonyl (C=O) groups excluding carboxylic acids is 1. The van der Waals surface area contributed by atoms with Gasteiger partial charge >= 0.3 is 5.97 Å². The van der Waals surface area contributed by atoms with Gasteiger partial charge in [-0.25, -0.2) is 0 Å². The van der Waals surface area contributed by atoms with Crippen LogP contribution in [-0.4, -0.2) is 41.6 Å². The third-order valence-corrected chi connectivity index (χ3v) is 4.76. The molecule has 5 nitrogen and oxygen atoms in total. The lowest BCUT2D eigenvalue weighted by Gasteiger charge is -2.31. The number of hydrogen-bond donors (Lipinski definition) is 1. The number of rotatable bonds is 6. The van der Waals surface area contributed by atoms with Crippen molar-refractivity contribution in [1.82, 2.24) is 4.90 Å². The van der Waals surface area contributed by atoms with E-state index in [9.17, 15) is 9.59 Å². The fraction of sp³-hybridized carbons (Fsp3) is 0.529. The minimum atomic E-state index is -0.993. The van der Waals surface area contributed by atoms with Crippen LogP contribution >= 0.6 is 15.9 Å². The van der Waals surface area contributed by atoms with Crippen LogP contribution in [-0.2, 0) is 20.9 Å². The van der Waals surface area contributed by atoms with Crippen LogP contribution in [0.15, 0.2) is 28.7 Å². The molecule has 1 fully saturated rings. The smallest absolute Gasteiger partial charge is 0.323 e. The van der Waals surface area contributed by atoms with Crippen molar-refractivity contribution in [3.8, 4) is 0 Å². The maximum atomic E-state index is 12.8. The van der Waals surface area contributed by atoms with Crippen molar-refractivity contribution in [3.05, 3.63) is 34.3 Å². The van der Waals surface area contributed by atoms with Gasteiger partial charge in [-0.15, -0.1) is 0 Å². The zero-order valence-electron chi connectivity index (χ0n) is 13.2. The van der Waals surface area contributed by atoms with E-state index in [0.717, 1.165) is 22.9 Å². The van der Waals surface area contributed by atoms with Gasteiger partial charge in [-0.3, -0.25) is 9.59 Å². The summed E-state index contributed by atoms with van der Waals surface area (Å²) in [6.07, 6.45) is 1.70. The van der Waals surface area contributed by atoms with E-state index in [2.05, 4.69) is 15.9 Å². The molecule has 1 aliphatic rings. The van der Waals surface area contributed by atoms with Crippen molar-refractivity contribution in [2.45, 2.75) is 26.3 Å². The van der Waals surface area contributed by atoms with E-state index in [1.54, 1.807) is 0 Å². The van der Waals surface area contributed by atoms with E-state index < -0.39 is 5.97 Å². The number of aliphatic carboxylic acids is 1. The highest BCUT2D eigenvalue weighted by Gasteiger charge is 2.30. The summed E-state index contributed by atoms with van der Waals surface area (Å²) in [5, 5.41) is 9.13. The Morgan fingerprint density at radius 1 is 1.39 bits per heavy atom. The van der Waals surface area contributed by atoms with E-state index >= 15 is 0 Å². The number of nitrogens with zero attached hydrogens (tertiary/aromatic N) is 1. The summed E-state index contributed by atoms with van der Waals surface area (Å²) in [4.78, 5) is 25.4. The maximum Gasteiger partial charge on any atom is 0.323 e. The second kappa shape index (κ2) is 8.45. The molecule has 1 unspecified atom stereocenters. The molecule has 1 amide bonds. The highest BCUT2D eigenvalue weighted by molar-refractivity contribution is 9.10. The monoisotopic (exact) mass is 383 g/mol. The number of benzene rings is 1. The van der Waals surface area contributed by atoms with Crippen LogP contribution in [0.5, 0.6) is 0 Å². The van der Waals surface area contributed by atoms with Gasteiger partial charge in [0.15, 0.2) is 0 Å². The Kier molecular flexibility index (Phi) is 6.59. The standard InChI is InChI=1S/C17H22BrNO4/c1-12(14-5-7-23-8-6-14)17(22)19(11-16(20)21)10-13-3-2-4-15(18)9-13/h2-4,9,12,14H,5-8,10-11H2,1H3,(H,20,21). The number of hydrogen-bond acceptors (Lipinski definition) is 3. The largest absolute Gasteiger partial charge is 0.480 e. The summed E-state index contributed by atoms with van der Waals surface area (Å²) >= 11 is 3.40. The summed E-state index contributed by atoms with van der Waals surface area (Å²) in [5.74, 6) is -1.02. The van der Waals surface area contributed by atoms with Crippen LogP contribution in [0.25, 0.3) is 0 Å². The molecule has 0 aliphatic carbocycles. The first kappa shape index (κ1) is 17.9. The third-order valence-electron chi connectivity index (χ3n) is 4.26. The number of halogens is 1. The van der Waals surface area contributed by atoms with Gasteiger partial charge in [0, 0.05) is 30.1 Å². The summed E-state index contributed by atoms with van der Waals surface area (Å²) in [6.45, 7) is 3.27. The fourth-order valence-corrected chi connectivity index (χ4v) is 3.38. The van der Waals surface area contributed by atoms with E-state index in [-0.39, 0.29) is 24.3 Å². The van der Waals surface area contributed by atoms with Crippen LogP contribution in [0.4, 0.5) is 0 Å². The second-order valence-corrected chi connectivity index (χ2v) is 6.87. The molecule has 1 heterocycles.